The molecule has 1 aliphatic rings. The Bertz CT molecular complexity index is 1280. The average molecular weight is 451 g/mol. The van der Waals surface area contributed by atoms with Gasteiger partial charge in [-0.2, -0.15) is 9.97 Å². The van der Waals surface area contributed by atoms with Crippen molar-refractivity contribution in [3.8, 4) is 11.1 Å². The lowest BCUT2D eigenvalue weighted by atomic mass is 10.1. The van der Waals surface area contributed by atoms with E-state index in [2.05, 4.69) is 20.2 Å². The second-order valence-electron chi connectivity index (χ2n) is 7.34. The molecule has 0 unspecified atom stereocenters. The van der Waals surface area contributed by atoms with Crippen LogP contribution in [0.4, 0.5) is 23.1 Å². The SMILES string of the molecule is O=[N+]([O-])c1ccc(Nc2nc(N3CCOCC3)c3c(-c4cccc(Cl)c4)c[nH]c3n2)cc1. The predicted molar refractivity (Wildman–Crippen MR) is 124 cm³/mol. The lowest BCUT2D eigenvalue weighted by molar-refractivity contribution is -0.384. The van der Waals surface area contributed by atoms with Crippen LogP contribution in [0.2, 0.25) is 5.02 Å². The van der Waals surface area contributed by atoms with E-state index in [0.717, 1.165) is 22.3 Å². The maximum atomic E-state index is 10.9. The van der Waals surface area contributed by atoms with E-state index in [1.807, 2.05) is 30.5 Å². The zero-order valence-corrected chi connectivity index (χ0v) is 17.7. The van der Waals surface area contributed by atoms with Crippen LogP contribution in [0.15, 0.2) is 54.7 Å². The molecule has 2 aromatic heterocycles. The van der Waals surface area contributed by atoms with Gasteiger partial charge in [-0.05, 0) is 29.8 Å². The van der Waals surface area contributed by atoms with Gasteiger partial charge in [0, 0.05) is 47.7 Å². The Labute approximate surface area is 188 Å². The number of benzene rings is 2. The number of non-ortho nitro benzene ring substituents is 1. The number of hydrogen-bond acceptors (Lipinski definition) is 7. The Morgan fingerprint density at radius 1 is 1.12 bits per heavy atom. The number of ether oxygens (including phenoxy) is 1. The molecular weight excluding hydrogens is 432 g/mol. The minimum atomic E-state index is -0.431. The van der Waals surface area contributed by atoms with Crippen molar-refractivity contribution in [2.24, 2.45) is 0 Å². The molecular formula is C22H19ClN6O3. The molecule has 2 aromatic carbocycles. The Morgan fingerprint density at radius 2 is 1.91 bits per heavy atom. The summed E-state index contributed by atoms with van der Waals surface area (Å²) in [5, 5.41) is 15.6. The fraction of sp³-hybridized carbons (Fsp3) is 0.182. The maximum absolute atomic E-state index is 10.9. The molecule has 0 bridgehead atoms. The lowest BCUT2D eigenvalue weighted by Gasteiger charge is -2.28. The first-order valence-corrected chi connectivity index (χ1v) is 10.5. The summed E-state index contributed by atoms with van der Waals surface area (Å²) in [6, 6.07) is 13.8. The van der Waals surface area contributed by atoms with Crippen LogP contribution in [-0.2, 0) is 4.74 Å². The highest BCUT2D eigenvalue weighted by Crippen LogP contribution is 2.36. The normalized spacial score (nSPS) is 14.0. The zero-order chi connectivity index (χ0) is 22.1. The molecule has 4 aromatic rings. The number of nitrogens with one attached hydrogen (secondary N) is 2. The van der Waals surface area contributed by atoms with Crippen molar-refractivity contribution in [2.75, 3.05) is 36.5 Å². The zero-order valence-electron chi connectivity index (χ0n) is 16.9. The molecule has 0 atom stereocenters. The number of rotatable bonds is 5. The molecule has 0 amide bonds. The van der Waals surface area contributed by atoms with Crippen LogP contribution in [0.3, 0.4) is 0 Å². The van der Waals surface area contributed by atoms with Crippen LogP contribution >= 0.6 is 11.6 Å². The van der Waals surface area contributed by atoms with Gasteiger partial charge in [0.2, 0.25) is 5.95 Å². The summed E-state index contributed by atoms with van der Waals surface area (Å²) in [6.45, 7) is 2.66. The molecule has 0 saturated carbocycles. The molecule has 1 saturated heterocycles. The standard InChI is InChI=1S/C22H19ClN6O3/c23-15-3-1-2-14(12-15)18-13-24-20-19(18)21(28-8-10-32-11-9-28)27-22(26-20)25-16-4-6-17(7-5-16)29(30)31/h1-7,12-13H,8-11H2,(H2,24,25,26,27). The van der Waals surface area contributed by atoms with Crippen molar-refractivity contribution in [2.45, 2.75) is 0 Å². The van der Waals surface area contributed by atoms with Crippen molar-refractivity contribution < 1.29 is 9.66 Å². The number of hydrogen-bond donors (Lipinski definition) is 2. The number of H-pyrrole nitrogens is 1. The molecule has 162 valence electrons. The van der Waals surface area contributed by atoms with E-state index in [4.69, 9.17) is 21.3 Å². The van der Waals surface area contributed by atoms with Gasteiger partial charge in [0.1, 0.15) is 11.5 Å². The van der Waals surface area contributed by atoms with Crippen LogP contribution in [-0.4, -0.2) is 46.2 Å². The minimum absolute atomic E-state index is 0.0245. The number of aromatic nitrogens is 3. The molecule has 0 spiro atoms. The van der Waals surface area contributed by atoms with Crippen molar-refractivity contribution >= 4 is 45.8 Å². The van der Waals surface area contributed by atoms with Crippen molar-refractivity contribution in [1.82, 2.24) is 15.0 Å². The highest BCUT2D eigenvalue weighted by atomic mass is 35.5. The summed E-state index contributed by atoms with van der Waals surface area (Å²) >= 11 is 6.23. The molecule has 1 aliphatic heterocycles. The Kier molecular flexibility index (Phi) is 5.34. The van der Waals surface area contributed by atoms with Crippen LogP contribution in [0, 0.1) is 10.1 Å². The van der Waals surface area contributed by atoms with Crippen LogP contribution < -0.4 is 10.2 Å². The molecule has 0 aliphatic carbocycles. The molecule has 1 fully saturated rings. The molecule has 9 nitrogen and oxygen atoms in total. The first-order chi connectivity index (χ1) is 15.6. The summed E-state index contributed by atoms with van der Waals surface area (Å²) in [5.41, 5.74) is 3.30. The molecule has 10 heteroatoms. The number of nitro groups is 1. The van der Waals surface area contributed by atoms with Gasteiger partial charge in [0.05, 0.1) is 23.5 Å². The van der Waals surface area contributed by atoms with Crippen LogP contribution in [0.25, 0.3) is 22.2 Å². The van der Waals surface area contributed by atoms with E-state index in [1.54, 1.807) is 12.1 Å². The predicted octanol–water partition coefficient (Wildman–Crippen LogP) is 4.77. The second kappa shape index (κ2) is 8.45. The number of anilines is 3. The fourth-order valence-corrected chi connectivity index (χ4v) is 3.94. The number of nitrogens with zero attached hydrogens (tertiary/aromatic N) is 4. The highest BCUT2D eigenvalue weighted by Gasteiger charge is 2.21. The van der Waals surface area contributed by atoms with Gasteiger partial charge >= 0.3 is 0 Å². The monoisotopic (exact) mass is 450 g/mol. The van der Waals surface area contributed by atoms with Gasteiger partial charge in [-0.15, -0.1) is 0 Å². The summed E-state index contributed by atoms with van der Waals surface area (Å²) in [6.07, 6.45) is 1.91. The fourth-order valence-electron chi connectivity index (χ4n) is 3.75. The average Bonchev–Trinajstić information content (AvgIpc) is 3.23. The van der Waals surface area contributed by atoms with E-state index in [9.17, 15) is 10.1 Å². The number of aromatic amines is 1. The van der Waals surface area contributed by atoms with Crippen molar-refractivity contribution in [3.05, 3.63) is 69.9 Å². The lowest BCUT2D eigenvalue weighted by Crippen LogP contribution is -2.37. The third-order valence-electron chi connectivity index (χ3n) is 5.29. The van der Waals surface area contributed by atoms with E-state index in [1.165, 1.54) is 12.1 Å². The summed E-state index contributed by atoms with van der Waals surface area (Å²) in [4.78, 5) is 25.4. The number of halogens is 1. The topological polar surface area (TPSA) is 109 Å². The van der Waals surface area contributed by atoms with E-state index >= 15 is 0 Å². The Balaban J connectivity index is 1.59. The van der Waals surface area contributed by atoms with Gasteiger partial charge in [-0.1, -0.05) is 23.7 Å². The van der Waals surface area contributed by atoms with Crippen LogP contribution in [0.5, 0.6) is 0 Å². The Hall–Kier alpha value is -3.69. The van der Waals surface area contributed by atoms with Gasteiger partial charge in [0.25, 0.3) is 5.69 Å². The summed E-state index contributed by atoms with van der Waals surface area (Å²) in [7, 11) is 0. The number of nitro benzene ring substituents is 1. The van der Waals surface area contributed by atoms with E-state index in [0.29, 0.717) is 48.6 Å². The molecule has 2 N–H and O–H groups in total. The first-order valence-electron chi connectivity index (χ1n) is 10.1. The smallest absolute Gasteiger partial charge is 0.269 e. The van der Waals surface area contributed by atoms with Gasteiger partial charge < -0.3 is 19.9 Å². The van der Waals surface area contributed by atoms with Crippen molar-refractivity contribution in [3.63, 3.8) is 0 Å². The molecule has 5 rings (SSSR count). The van der Waals surface area contributed by atoms with Gasteiger partial charge in [-0.25, -0.2) is 0 Å². The van der Waals surface area contributed by atoms with Gasteiger partial charge in [0.15, 0.2) is 0 Å². The van der Waals surface area contributed by atoms with Crippen molar-refractivity contribution in [1.29, 1.82) is 0 Å². The number of morpholine rings is 1. The molecule has 3 heterocycles. The number of fused-ring (bicyclic) bond motifs is 1. The third kappa shape index (κ3) is 3.95. The van der Waals surface area contributed by atoms with E-state index < -0.39 is 4.92 Å². The largest absolute Gasteiger partial charge is 0.378 e. The van der Waals surface area contributed by atoms with E-state index in [-0.39, 0.29) is 5.69 Å². The first kappa shape index (κ1) is 20.2. The third-order valence-corrected chi connectivity index (χ3v) is 5.53. The molecule has 0 radical (unpaired) electrons. The van der Waals surface area contributed by atoms with Crippen LogP contribution in [0.1, 0.15) is 0 Å². The maximum Gasteiger partial charge on any atom is 0.269 e. The Morgan fingerprint density at radius 3 is 2.62 bits per heavy atom. The van der Waals surface area contributed by atoms with Gasteiger partial charge in [-0.3, -0.25) is 10.1 Å². The second-order valence-corrected chi connectivity index (χ2v) is 7.77. The quantitative estimate of drug-likeness (QED) is 0.333. The summed E-state index contributed by atoms with van der Waals surface area (Å²) < 4.78 is 5.52. The molecule has 32 heavy (non-hydrogen) atoms. The minimum Gasteiger partial charge on any atom is -0.378 e. The summed E-state index contributed by atoms with van der Waals surface area (Å²) in [5.74, 6) is 1.19. The highest BCUT2D eigenvalue weighted by molar-refractivity contribution is 6.31.